The number of aromatic nitrogens is 6. The number of rotatable bonds is 5. The van der Waals surface area contributed by atoms with Gasteiger partial charge in [-0.3, -0.25) is 10.1 Å². The molecule has 8 nitrogen and oxygen atoms in total. The molecule has 0 fully saturated rings. The molecular formula is C19H18ClFN8. The van der Waals surface area contributed by atoms with Gasteiger partial charge in [0.1, 0.15) is 17.5 Å². The molecule has 1 aromatic carbocycles. The first-order valence-corrected chi connectivity index (χ1v) is 8.57. The van der Waals surface area contributed by atoms with Crippen molar-refractivity contribution in [3.8, 4) is 11.3 Å². The summed E-state index contributed by atoms with van der Waals surface area (Å²) in [7, 11) is 0. The quantitative estimate of drug-likeness (QED) is 0.457. The summed E-state index contributed by atoms with van der Waals surface area (Å²) >= 11 is 0. The second kappa shape index (κ2) is 8.61. The lowest BCUT2D eigenvalue weighted by Gasteiger charge is -2.20. The fraction of sp³-hybridized carbons (Fsp3) is 0.105. The van der Waals surface area contributed by atoms with Gasteiger partial charge in [-0.15, -0.1) is 12.4 Å². The molecule has 10 heteroatoms. The number of aromatic amines is 1. The lowest BCUT2D eigenvalue weighted by Crippen LogP contribution is -2.11. The Morgan fingerprint density at radius 3 is 2.55 bits per heavy atom. The van der Waals surface area contributed by atoms with E-state index in [-0.39, 0.29) is 30.1 Å². The number of halogens is 2. The van der Waals surface area contributed by atoms with Gasteiger partial charge < -0.3 is 11.1 Å². The molecule has 0 saturated heterocycles. The number of nitrogens with zero attached hydrogens (tertiary/aromatic N) is 5. The van der Waals surface area contributed by atoms with E-state index in [2.05, 4.69) is 35.5 Å². The summed E-state index contributed by atoms with van der Waals surface area (Å²) < 4.78 is 13.4. The molecule has 4 aromatic rings. The molecule has 0 bridgehead atoms. The van der Waals surface area contributed by atoms with Crippen LogP contribution >= 0.6 is 12.4 Å². The van der Waals surface area contributed by atoms with Gasteiger partial charge in [-0.1, -0.05) is 19.1 Å². The van der Waals surface area contributed by atoms with Crippen molar-refractivity contribution >= 4 is 30.0 Å². The Balaban J connectivity index is 0.00000240. The van der Waals surface area contributed by atoms with Crippen LogP contribution in [0.2, 0.25) is 0 Å². The van der Waals surface area contributed by atoms with E-state index < -0.39 is 0 Å². The van der Waals surface area contributed by atoms with Gasteiger partial charge in [0.15, 0.2) is 0 Å². The van der Waals surface area contributed by atoms with Crippen molar-refractivity contribution < 1.29 is 4.39 Å². The van der Waals surface area contributed by atoms with Gasteiger partial charge in [0.25, 0.3) is 0 Å². The number of nitrogens with two attached hydrogens (primary N) is 1. The molecule has 3 heterocycles. The molecule has 0 amide bonds. The molecule has 4 N–H and O–H groups in total. The van der Waals surface area contributed by atoms with Crippen molar-refractivity contribution in [2.24, 2.45) is 0 Å². The first-order chi connectivity index (χ1) is 13.6. The Morgan fingerprint density at radius 1 is 1.10 bits per heavy atom. The number of nitrogens with one attached hydrogen (secondary N) is 2. The van der Waals surface area contributed by atoms with Gasteiger partial charge in [-0.05, 0) is 17.7 Å². The highest BCUT2D eigenvalue weighted by Gasteiger charge is 2.23. The zero-order valence-corrected chi connectivity index (χ0v) is 16.2. The molecule has 148 valence electrons. The Labute approximate surface area is 172 Å². The molecule has 3 aromatic heterocycles. The van der Waals surface area contributed by atoms with Crippen molar-refractivity contribution in [1.29, 1.82) is 0 Å². The fourth-order valence-electron chi connectivity index (χ4n) is 3.00. The Bertz CT molecular complexity index is 1070. The number of anilines is 3. The normalized spacial score (nSPS) is 11.5. The summed E-state index contributed by atoms with van der Waals surface area (Å²) in [5.74, 6) is 0.674. The molecule has 0 aliphatic rings. The molecule has 0 saturated carbocycles. The Kier molecular flexibility index (Phi) is 5.99. The average molecular weight is 413 g/mol. The highest BCUT2D eigenvalue weighted by atomic mass is 35.5. The van der Waals surface area contributed by atoms with Gasteiger partial charge in [0.2, 0.25) is 5.95 Å². The third-order valence-corrected chi connectivity index (χ3v) is 4.35. The number of hydrogen-bond acceptors (Lipinski definition) is 7. The second-order valence-electron chi connectivity index (χ2n) is 6.17. The standard InChI is InChI=1S/C19H17FN8.ClH/c1-11(12-2-4-14(20)5-3-12)16-17(13-8-24-25-9-13)27-19(21)28-18(16)26-15-10-22-6-7-23-15;/h2-11H,1H3,(H,24,25)(H3,21,23,26,27,28);1H. The number of benzene rings is 1. The third kappa shape index (κ3) is 4.30. The van der Waals surface area contributed by atoms with Crippen molar-refractivity contribution in [2.75, 3.05) is 11.1 Å². The monoisotopic (exact) mass is 412 g/mol. The highest BCUT2D eigenvalue weighted by Crippen LogP contribution is 2.37. The first-order valence-electron chi connectivity index (χ1n) is 8.57. The summed E-state index contributed by atoms with van der Waals surface area (Å²) in [6.07, 6.45) is 8.14. The van der Waals surface area contributed by atoms with Crippen LogP contribution in [0.4, 0.5) is 22.0 Å². The van der Waals surface area contributed by atoms with E-state index in [0.29, 0.717) is 17.3 Å². The van der Waals surface area contributed by atoms with Crippen LogP contribution in [-0.4, -0.2) is 30.1 Å². The zero-order chi connectivity index (χ0) is 19.5. The van der Waals surface area contributed by atoms with E-state index in [0.717, 1.165) is 16.7 Å². The molecule has 0 spiro atoms. The molecule has 0 radical (unpaired) electrons. The molecule has 0 aliphatic carbocycles. The van der Waals surface area contributed by atoms with E-state index in [1.165, 1.54) is 12.1 Å². The highest BCUT2D eigenvalue weighted by molar-refractivity contribution is 5.85. The largest absolute Gasteiger partial charge is 0.368 e. The summed E-state index contributed by atoms with van der Waals surface area (Å²) in [5.41, 5.74) is 9.05. The van der Waals surface area contributed by atoms with Crippen LogP contribution in [0, 0.1) is 5.82 Å². The second-order valence-corrected chi connectivity index (χ2v) is 6.17. The minimum Gasteiger partial charge on any atom is -0.368 e. The van der Waals surface area contributed by atoms with Crippen LogP contribution in [0.15, 0.2) is 55.2 Å². The van der Waals surface area contributed by atoms with Gasteiger partial charge in [-0.2, -0.15) is 10.1 Å². The molecule has 1 atom stereocenters. The van der Waals surface area contributed by atoms with Crippen LogP contribution in [0.5, 0.6) is 0 Å². The van der Waals surface area contributed by atoms with Gasteiger partial charge in [-0.25, -0.2) is 14.4 Å². The van der Waals surface area contributed by atoms with Gasteiger partial charge in [0, 0.05) is 35.6 Å². The maximum Gasteiger partial charge on any atom is 0.222 e. The number of nitrogen functional groups attached to an aromatic ring is 1. The van der Waals surface area contributed by atoms with Crippen molar-refractivity contribution in [1.82, 2.24) is 30.1 Å². The van der Waals surface area contributed by atoms with Crippen LogP contribution in [0.3, 0.4) is 0 Å². The molecule has 0 aliphatic heterocycles. The van der Waals surface area contributed by atoms with Crippen molar-refractivity contribution in [3.05, 3.63) is 72.2 Å². The summed E-state index contributed by atoms with van der Waals surface area (Å²) in [5, 5.41) is 9.96. The maximum atomic E-state index is 13.4. The minimum absolute atomic E-state index is 0. The van der Waals surface area contributed by atoms with Crippen LogP contribution < -0.4 is 11.1 Å². The van der Waals surface area contributed by atoms with Crippen LogP contribution in [-0.2, 0) is 0 Å². The van der Waals surface area contributed by atoms with E-state index in [4.69, 9.17) is 5.73 Å². The van der Waals surface area contributed by atoms with Gasteiger partial charge >= 0.3 is 0 Å². The summed E-state index contributed by atoms with van der Waals surface area (Å²) in [6.45, 7) is 1.99. The third-order valence-electron chi connectivity index (χ3n) is 4.35. The first kappa shape index (κ1) is 20.2. The smallest absolute Gasteiger partial charge is 0.222 e. The molecule has 29 heavy (non-hydrogen) atoms. The predicted octanol–water partition coefficient (Wildman–Crippen LogP) is 3.70. The molecule has 4 rings (SSSR count). The summed E-state index contributed by atoms with van der Waals surface area (Å²) in [6, 6.07) is 6.33. The Morgan fingerprint density at radius 2 is 1.90 bits per heavy atom. The summed E-state index contributed by atoms with van der Waals surface area (Å²) in [4.78, 5) is 17.1. The fourth-order valence-corrected chi connectivity index (χ4v) is 3.00. The number of H-pyrrole nitrogens is 1. The van der Waals surface area contributed by atoms with E-state index in [1.807, 2.05) is 6.92 Å². The Hall–Kier alpha value is -3.59. The number of hydrogen-bond donors (Lipinski definition) is 3. The van der Waals surface area contributed by atoms with Gasteiger partial charge in [0.05, 0.1) is 18.1 Å². The SMILES string of the molecule is CC(c1ccc(F)cc1)c1c(Nc2cnccn2)nc(N)nc1-c1cn[nH]c1.Cl. The van der Waals surface area contributed by atoms with Crippen molar-refractivity contribution in [2.45, 2.75) is 12.8 Å². The topological polar surface area (TPSA) is 118 Å². The zero-order valence-electron chi connectivity index (χ0n) is 15.4. The maximum absolute atomic E-state index is 13.4. The molecule has 1 unspecified atom stereocenters. The van der Waals surface area contributed by atoms with Crippen molar-refractivity contribution in [3.63, 3.8) is 0 Å². The minimum atomic E-state index is -0.294. The van der Waals surface area contributed by atoms with E-state index in [1.54, 1.807) is 43.1 Å². The average Bonchev–Trinajstić information content (AvgIpc) is 3.23. The van der Waals surface area contributed by atoms with E-state index >= 15 is 0 Å². The lowest BCUT2D eigenvalue weighted by molar-refractivity contribution is 0.626. The van der Waals surface area contributed by atoms with Crippen LogP contribution in [0.25, 0.3) is 11.3 Å². The van der Waals surface area contributed by atoms with Crippen LogP contribution in [0.1, 0.15) is 24.0 Å². The predicted molar refractivity (Wildman–Crippen MR) is 111 cm³/mol. The van der Waals surface area contributed by atoms with E-state index in [9.17, 15) is 4.39 Å². The lowest BCUT2D eigenvalue weighted by atomic mass is 9.90. The molecular weight excluding hydrogens is 395 g/mol.